The maximum absolute atomic E-state index is 6.12. The molecule has 1 saturated heterocycles. The Balaban J connectivity index is 1.86. The second-order valence-electron chi connectivity index (χ2n) is 6.16. The molecule has 0 bridgehead atoms. The Hall–Kier alpha value is -2.09. The van der Waals surface area contributed by atoms with Crippen LogP contribution in [0.1, 0.15) is 30.9 Å². The summed E-state index contributed by atoms with van der Waals surface area (Å²) in [7, 11) is 1.78. The van der Waals surface area contributed by atoms with Crippen molar-refractivity contribution >= 4 is 17.3 Å². The normalized spacial score (nSPS) is 16.4. The molecule has 0 radical (unpaired) electrons. The number of nitrogens with zero attached hydrogens (tertiary/aromatic N) is 3. The van der Waals surface area contributed by atoms with Crippen LogP contribution in [-0.2, 0) is 4.74 Å². The molecule has 0 aliphatic carbocycles. The summed E-state index contributed by atoms with van der Waals surface area (Å²) >= 11 is 6.12. The first kappa shape index (κ1) is 16.8. The highest BCUT2D eigenvalue weighted by Crippen LogP contribution is 2.30. The van der Waals surface area contributed by atoms with Gasteiger partial charge in [0.25, 0.3) is 0 Å². The fraction of sp³-hybridized carbons (Fsp3) is 0.368. The van der Waals surface area contributed by atoms with Gasteiger partial charge in [0.05, 0.1) is 16.9 Å². The molecule has 0 saturated carbocycles. The van der Waals surface area contributed by atoms with E-state index in [1.54, 1.807) is 25.7 Å². The lowest BCUT2D eigenvalue weighted by Gasteiger charge is -2.39. The number of anilines is 1. The highest BCUT2D eigenvalue weighted by molar-refractivity contribution is 6.29. The van der Waals surface area contributed by atoms with Gasteiger partial charge in [-0.2, -0.15) is 0 Å². The number of hydrogen-bond donors (Lipinski definition) is 0. The highest BCUT2D eigenvalue weighted by Gasteiger charge is 2.30. The van der Waals surface area contributed by atoms with E-state index in [1.165, 1.54) is 0 Å². The van der Waals surface area contributed by atoms with E-state index in [1.807, 2.05) is 18.2 Å². The van der Waals surface area contributed by atoms with Crippen molar-refractivity contribution in [3.05, 3.63) is 53.1 Å². The maximum atomic E-state index is 6.12. The molecule has 1 fully saturated rings. The quantitative estimate of drug-likeness (QED) is 0.618. The van der Waals surface area contributed by atoms with Crippen molar-refractivity contribution in [3.8, 4) is 11.8 Å². The van der Waals surface area contributed by atoms with Crippen LogP contribution in [-0.4, -0.2) is 35.8 Å². The van der Waals surface area contributed by atoms with Crippen molar-refractivity contribution in [3.63, 3.8) is 0 Å². The monoisotopic (exact) mass is 341 g/mol. The largest absolute Gasteiger partial charge is 0.378 e. The van der Waals surface area contributed by atoms with Crippen molar-refractivity contribution in [1.82, 2.24) is 9.97 Å². The zero-order valence-corrected chi connectivity index (χ0v) is 14.7. The van der Waals surface area contributed by atoms with Crippen LogP contribution >= 0.6 is 11.6 Å². The van der Waals surface area contributed by atoms with Crippen LogP contribution in [0.4, 0.5) is 5.69 Å². The lowest BCUT2D eigenvalue weighted by atomic mass is 9.93. The van der Waals surface area contributed by atoms with Gasteiger partial charge in [-0.1, -0.05) is 23.4 Å². The van der Waals surface area contributed by atoms with Gasteiger partial charge in [-0.3, -0.25) is 4.98 Å². The smallest absolute Gasteiger partial charge is 0.131 e. The van der Waals surface area contributed by atoms with Crippen LogP contribution in [0.25, 0.3) is 0 Å². The minimum Gasteiger partial charge on any atom is -0.378 e. The lowest BCUT2D eigenvalue weighted by Crippen LogP contribution is -2.44. The van der Waals surface area contributed by atoms with Crippen LogP contribution in [0.15, 0.2) is 36.8 Å². The average Bonchev–Trinajstić information content (AvgIpc) is 2.62. The number of hydrogen-bond acceptors (Lipinski definition) is 4. The van der Waals surface area contributed by atoms with Crippen molar-refractivity contribution in [2.75, 3.05) is 25.1 Å². The molecule has 3 rings (SSSR count). The van der Waals surface area contributed by atoms with Gasteiger partial charge < -0.3 is 9.64 Å². The summed E-state index contributed by atoms with van der Waals surface area (Å²) in [5, 5.41) is 0.483. The second-order valence-corrected chi connectivity index (χ2v) is 6.54. The molecule has 4 nitrogen and oxygen atoms in total. The Bertz CT molecular complexity index is 759. The minimum absolute atomic E-state index is 0.0468. The number of pyridine rings is 2. The van der Waals surface area contributed by atoms with Gasteiger partial charge in [0.15, 0.2) is 0 Å². The summed E-state index contributed by atoms with van der Waals surface area (Å²) in [5.74, 6) is 6.35. The number of halogens is 1. The summed E-state index contributed by atoms with van der Waals surface area (Å²) in [6, 6.07) is 5.71. The van der Waals surface area contributed by atoms with Crippen LogP contribution < -0.4 is 4.90 Å². The fourth-order valence-electron chi connectivity index (χ4n) is 2.78. The third-order valence-corrected chi connectivity index (χ3v) is 4.71. The Kier molecular flexibility index (Phi) is 5.03. The Labute approximate surface area is 147 Å². The Morgan fingerprint density at radius 3 is 2.71 bits per heavy atom. The van der Waals surface area contributed by atoms with Gasteiger partial charge >= 0.3 is 0 Å². The predicted molar refractivity (Wildman–Crippen MR) is 96.3 cm³/mol. The molecule has 3 heterocycles. The molecule has 0 aromatic carbocycles. The SMILES string of the molecule is COC1(C)CCN(c2cc(Cl)ncc2C#Cc2cccnc2)CC1. The molecule has 1 aliphatic heterocycles. The minimum atomic E-state index is -0.0468. The number of aromatic nitrogens is 2. The molecule has 2 aromatic rings. The van der Waals surface area contributed by atoms with E-state index < -0.39 is 0 Å². The lowest BCUT2D eigenvalue weighted by molar-refractivity contribution is -0.0132. The van der Waals surface area contributed by atoms with Gasteiger partial charge in [-0.15, -0.1) is 0 Å². The molecule has 0 amide bonds. The second kappa shape index (κ2) is 7.21. The number of ether oxygens (including phenoxy) is 1. The van der Waals surface area contributed by atoms with Crippen molar-refractivity contribution < 1.29 is 4.74 Å². The van der Waals surface area contributed by atoms with E-state index in [0.717, 1.165) is 42.7 Å². The van der Waals surface area contributed by atoms with Crippen LogP contribution in [0, 0.1) is 11.8 Å². The summed E-state index contributed by atoms with van der Waals surface area (Å²) in [6.45, 7) is 3.98. The molecular weight excluding hydrogens is 322 g/mol. The van der Waals surface area contributed by atoms with E-state index in [4.69, 9.17) is 16.3 Å². The number of methoxy groups -OCH3 is 1. The molecule has 24 heavy (non-hydrogen) atoms. The van der Waals surface area contributed by atoms with Crippen molar-refractivity contribution in [2.45, 2.75) is 25.4 Å². The van der Waals surface area contributed by atoms with Gasteiger partial charge in [0.2, 0.25) is 0 Å². The molecule has 0 atom stereocenters. The van der Waals surface area contributed by atoms with Crippen LogP contribution in [0.2, 0.25) is 5.15 Å². The molecule has 124 valence electrons. The van der Waals surface area contributed by atoms with Crippen LogP contribution in [0.3, 0.4) is 0 Å². The van der Waals surface area contributed by atoms with Crippen LogP contribution in [0.5, 0.6) is 0 Å². The molecular formula is C19H20ClN3O. The molecule has 0 unspecified atom stereocenters. The average molecular weight is 342 g/mol. The van der Waals surface area contributed by atoms with Gasteiger partial charge in [0, 0.05) is 50.4 Å². The molecule has 0 N–H and O–H groups in total. The first-order chi connectivity index (χ1) is 11.6. The van der Waals surface area contributed by atoms with E-state index >= 15 is 0 Å². The molecule has 0 spiro atoms. The first-order valence-corrected chi connectivity index (χ1v) is 8.35. The summed E-state index contributed by atoms with van der Waals surface area (Å²) in [4.78, 5) is 10.6. The summed E-state index contributed by atoms with van der Waals surface area (Å²) in [6.07, 6.45) is 7.17. The number of piperidine rings is 1. The van der Waals surface area contributed by atoms with E-state index in [-0.39, 0.29) is 5.60 Å². The predicted octanol–water partition coefficient (Wildman–Crippen LogP) is 3.54. The highest BCUT2D eigenvalue weighted by atomic mass is 35.5. The maximum Gasteiger partial charge on any atom is 0.131 e. The van der Waals surface area contributed by atoms with Crippen molar-refractivity contribution in [1.29, 1.82) is 0 Å². The zero-order valence-electron chi connectivity index (χ0n) is 13.9. The van der Waals surface area contributed by atoms with E-state index in [9.17, 15) is 0 Å². The Morgan fingerprint density at radius 2 is 2.04 bits per heavy atom. The topological polar surface area (TPSA) is 38.2 Å². The zero-order chi connectivity index (χ0) is 17.0. The van der Waals surface area contributed by atoms with E-state index in [0.29, 0.717) is 5.15 Å². The fourth-order valence-corrected chi connectivity index (χ4v) is 2.93. The summed E-state index contributed by atoms with van der Waals surface area (Å²) in [5.41, 5.74) is 2.74. The van der Waals surface area contributed by atoms with Gasteiger partial charge in [-0.05, 0) is 31.9 Å². The van der Waals surface area contributed by atoms with Crippen molar-refractivity contribution in [2.24, 2.45) is 0 Å². The first-order valence-electron chi connectivity index (χ1n) is 7.97. The number of rotatable bonds is 2. The van der Waals surface area contributed by atoms with Gasteiger partial charge in [0.1, 0.15) is 5.15 Å². The standard InChI is InChI=1S/C19H20ClN3O/c1-19(24-2)7-10-23(11-8-19)17-12-18(20)22-14-16(17)6-5-15-4-3-9-21-13-15/h3-4,9,12-14H,7-8,10-11H2,1-2H3. The third kappa shape index (κ3) is 3.87. The summed E-state index contributed by atoms with van der Waals surface area (Å²) < 4.78 is 5.62. The Morgan fingerprint density at radius 1 is 1.25 bits per heavy atom. The molecule has 2 aromatic heterocycles. The molecule has 5 heteroatoms. The van der Waals surface area contributed by atoms with E-state index in [2.05, 4.69) is 33.6 Å². The third-order valence-electron chi connectivity index (χ3n) is 4.51. The van der Waals surface area contributed by atoms with Gasteiger partial charge in [-0.25, -0.2) is 4.98 Å². The molecule has 1 aliphatic rings.